The number of hydrogen-bond donors (Lipinski definition) is 1. The number of piperidine rings is 1. The van der Waals surface area contributed by atoms with Crippen LogP contribution in [0.4, 0.5) is 0 Å². The van der Waals surface area contributed by atoms with E-state index in [-0.39, 0.29) is 12.0 Å². The van der Waals surface area contributed by atoms with Gasteiger partial charge in [0.25, 0.3) is 0 Å². The van der Waals surface area contributed by atoms with E-state index in [0.29, 0.717) is 12.8 Å². The molecule has 0 saturated carbocycles. The lowest BCUT2D eigenvalue weighted by Gasteiger charge is -2.36. The number of hydrogen-bond acceptors (Lipinski definition) is 3. The first kappa shape index (κ1) is 15.8. The molecule has 0 aliphatic carbocycles. The van der Waals surface area contributed by atoms with E-state index in [9.17, 15) is 9.90 Å². The largest absolute Gasteiger partial charge is 0.481 e. The summed E-state index contributed by atoms with van der Waals surface area (Å²) in [5.41, 5.74) is 3.70. The Hall–Kier alpha value is -2.07. The highest BCUT2D eigenvalue weighted by Gasteiger charge is 2.32. The topological polar surface area (TPSA) is 53.7 Å². The molecule has 1 fully saturated rings. The molecule has 3 rings (SSSR count). The second-order valence-corrected chi connectivity index (χ2v) is 6.43. The summed E-state index contributed by atoms with van der Waals surface area (Å²) in [4.78, 5) is 13.5. The minimum absolute atomic E-state index is 0.0552. The molecule has 0 bridgehead atoms. The molecule has 1 aromatic carbocycles. The van der Waals surface area contributed by atoms with Crippen molar-refractivity contribution in [3.8, 4) is 0 Å². The average molecular weight is 313 g/mol. The number of rotatable bonds is 4. The minimum Gasteiger partial charge on any atom is -0.481 e. The van der Waals surface area contributed by atoms with Crippen molar-refractivity contribution in [2.24, 2.45) is 5.92 Å². The molecule has 1 unspecified atom stereocenters. The van der Waals surface area contributed by atoms with E-state index >= 15 is 0 Å². The molecule has 0 spiro atoms. The van der Waals surface area contributed by atoms with Gasteiger partial charge in [0.2, 0.25) is 0 Å². The first-order valence-electron chi connectivity index (χ1n) is 8.13. The highest BCUT2D eigenvalue weighted by atomic mass is 16.4. The van der Waals surface area contributed by atoms with Crippen molar-refractivity contribution >= 4 is 5.97 Å². The van der Waals surface area contributed by atoms with Gasteiger partial charge in [-0.05, 0) is 63.0 Å². The second kappa shape index (κ2) is 6.59. The Bertz CT molecular complexity index is 670. The van der Waals surface area contributed by atoms with Crippen molar-refractivity contribution in [1.29, 1.82) is 0 Å². The van der Waals surface area contributed by atoms with Crippen LogP contribution < -0.4 is 0 Å². The summed E-state index contributed by atoms with van der Waals surface area (Å²) in [6.45, 7) is 5.76. The van der Waals surface area contributed by atoms with E-state index in [1.165, 1.54) is 16.7 Å². The summed E-state index contributed by atoms with van der Waals surface area (Å²) in [6, 6.07) is 10.5. The van der Waals surface area contributed by atoms with Crippen molar-refractivity contribution < 1.29 is 14.3 Å². The van der Waals surface area contributed by atoms with Crippen LogP contribution in [0, 0.1) is 19.8 Å². The molecule has 1 N–H and O–H groups in total. The van der Waals surface area contributed by atoms with Gasteiger partial charge in [-0.15, -0.1) is 0 Å². The molecule has 122 valence electrons. The van der Waals surface area contributed by atoms with E-state index in [1.807, 2.05) is 12.1 Å². The zero-order chi connectivity index (χ0) is 16.4. The zero-order valence-corrected chi connectivity index (χ0v) is 13.7. The lowest BCUT2D eigenvalue weighted by Crippen LogP contribution is -2.39. The number of aliphatic carboxylic acids is 1. The molecule has 4 nitrogen and oxygen atoms in total. The van der Waals surface area contributed by atoms with Crippen LogP contribution in [0.2, 0.25) is 0 Å². The molecule has 0 amide bonds. The van der Waals surface area contributed by atoms with Gasteiger partial charge in [-0.25, -0.2) is 0 Å². The summed E-state index contributed by atoms with van der Waals surface area (Å²) in [5, 5.41) is 9.21. The molecule has 1 aliphatic heterocycles. The molecule has 1 aliphatic rings. The molecule has 0 radical (unpaired) electrons. The van der Waals surface area contributed by atoms with Crippen LogP contribution in [0.15, 0.2) is 41.0 Å². The summed E-state index contributed by atoms with van der Waals surface area (Å²) < 4.78 is 5.71. The fraction of sp³-hybridized carbons (Fsp3) is 0.421. The van der Waals surface area contributed by atoms with Gasteiger partial charge >= 0.3 is 5.97 Å². The van der Waals surface area contributed by atoms with E-state index in [1.54, 1.807) is 6.26 Å². The van der Waals surface area contributed by atoms with Gasteiger partial charge in [-0.2, -0.15) is 0 Å². The summed E-state index contributed by atoms with van der Waals surface area (Å²) in [7, 11) is 0. The fourth-order valence-corrected chi connectivity index (χ4v) is 3.44. The number of benzene rings is 1. The van der Waals surface area contributed by atoms with Crippen molar-refractivity contribution in [3.05, 3.63) is 59.0 Å². The molecule has 23 heavy (non-hydrogen) atoms. The van der Waals surface area contributed by atoms with Crippen LogP contribution in [-0.2, 0) is 4.79 Å². The Kier molecular flexibility index (Phi) is 4.53. The molecular weight excluding hydrogens is 290 g/mol. The Balaban J connectivity index is 1.92. The molecule has 2 aromatic rings. The average Bonchev–Trinajstić information content (AvgIpc) is 3.05. The third kappa shape index (κ3) is 3.32. The Morgan fingerprint density at radius 2 is 2.00 bits per heavy atom. The lowest BCUT2D eigenvalue weighted by atomic mass is 9.91. The zero-order valence-electron chi connectivity index (χ0n) is 13.7. The first-order chi connectivity index (χ1) is 11.1. The number of furan rings is 1. The third-order valence-electron chi connectivity index (χ3n) is 4.79. The van der Waals surface area contributed by atoms with Crippen LogP contribution in [0.25, 0.3) is 0 Å². The molecule has 1 aromatic heterocycles. The summed E-state index contributed by atoms with van der Waals surface area (Å²) in [6.07, 6.45) is 3.09. The fourth-order valence-electron chi connectivity index (χ4n) is 3.44. The third-order valence-corrected chi connectivity index (χ3v) is 4.79. The van der Waals surface area contributed by atoms with E-state index < -0.39 is 5.97 Å². The maximum absolute atomic E-state index is 11.2. The van der Waals surface area contributed by atoms with Gasteiger partial charge in [0.05, 0.1) is 18.2 Å². The minimum atomic E-state index is -0.675. The molecule has 4 heteroatoms. The van der Waals surface area contributed by atoms with Crippen molar-refractivity contribution in [2.45, 2.75) is 32.7 Å². The van der Waals surface area contributed by atoms with Crippen LogP contribution in [-0.4, -0.2) is 29.1 Å². The number of aryl methyl sites for hydroxylation is 2. The Morgan fingerprint density at radius 3 is 2.61 bits per heavy atom. The highest BCUT2D eigenvalue weighted by molar-refractivity contribution is 5.70. The monoisotopic (exact) mass is 313 g/mol. The summed E-state index contributed by atoms with van der Waals surface area (Å²) in [5.74, 6) is 0.0283. The van der Waals surface area contributed by atoms with Crippen LogP contribution in [0.3, 0.4) is 0 Å². The van der Waals surface area contributed by atoms with E-state index in [0.717, 1.165) is 18.8 Å². The standard InChI is InChI=1S/C19H23NO3/c1-13-5-6-14(2)16(12-13)18(17-4-3-11-23-17)20-9-7-15(8-10-20)19(21)22/h3-6,11-12,15,18H,7-10H2,1-2H3,(H,21,22). The first-order valence-corrected chi connectivity index (χ1v) is 8.13. The number of likely N-dealkylation sites (tertiary alicyclic amines) is 1. The Labute approximate surface area is 136 Å². The highest BCUT2D eigenvalue weighted by Crippen LogP contribution is 2.34. The van der Waals surface area contributed by atoms with Crippen molar-refractivity contribution in [3.63, 3.8) is 0 Å². The summed E-state index contributed by atoms with van der Waals surface area (Å²) >= 11 is 0. The van der Waals surface area contributed by atoms with E-state index in [4.69, 9.17) is 4.42 Å². The van der Waals surface area contributed by atoms with Gasteiger partial charge in [0.15, 0.2) is 0 Å². The van der Waals surface area contributed by atoms with Gasteiger partial charge in [0, 0.05) is 0 Å². The van der Waals surface area contributed by atoms with Gasteiger partial charge in [0.1, 0.15) is 5.76 Å². The number of carboxylic acids is 1. The maximum atomic E-state index is 11.2. The quantitative estimate of drug-likeness (QED) is 0.933. The predicted octanol–water partition coefficient (Wildman–Crippen LogP) is 3.78. The van der Waals surface area contributed by atoms with E-state index in [2.05, 4.69) is 36.9 Å². The van der Waals surface area contributed by atoms with Crippen molar-refractivity contribution in [1.82, 2.24) is 4.90 Å². The van der Waals surface area contributed by atoms with Gasteiger partial charge in [-0.1, -0.05) is 23.8 Å². The Morgan fingerprint density at radius 1 is 1.26 bits per heavy atom. The number of carboxylic acid groups (broad SMARTS) is 1. The predicted molar refractivity (Wildman–Crippen MR) is 88.4 cm³/mol. The molecular formula is C19H23NO3. The second-order valence-electron chi connectivity index (χ2n) is 6.43. The number of nitrogens with zero attached hydrogens (tertiary/aromatic N) is 1. The molecule has 1 atom stereocenters. The smallest absolute Gasteiger partial charge is 0.306 e. The molecule has 2 heterocycles. The number of carbonyl (C=O) groups is 1. The lowest BCUT2D eigenvalue weighted by molar-refractivity contribution is -0.143. The normalized spacial score (nSPS) is 18.0. The van der Waals surface area contributed by atoms with Crippen LogP contribution >= 0.6 is 0 Å². The van der Waals surface area contributed by atoms with Crippen LogP contribution in [0.1, 0.15) is 41.3 Å². The van der Waals surface area contributed by atoms with Crippen LogP contribution in [0.5, 0.6) is 0 Å². The maximum Gasteiger partial charge on any atom is 0.306 e. The SMILES string of the molecule is Cc1ccc(C)c(C(c2ccco2)N2CCC(C(=O)O)CC2)c1. The van der Waals surface area contributed by atoms with Gasteiger partial charge < -0.3 is 9.52 Å². The molecule has 1 saturated heterocycles. The van der Waals surface area contributed by atoms with Crippen molar-refractivity contribution in [2.75, 3.05) is 13.1 Å². The van der Waals surface area contributed by atoms with Gasteiger partial charge in [-0.3, -0.25) is 9.69 Å².